The van der Waals surface area contributed by atoms with Gasteiger partial charge in [0.1, 0.15) is 5.69 Å². The minimum atomic E-state index is -0.615. The van der Waals surface area contributed by atoms with Crippen molar-refractivity contribution in [1.82, 2.24) is 0 Å². The summed E-state index contributed by atoms with van der Waals surface area (Å²) in [5.74, 6) is 0.845. The molecule has 0 atom stereocenters. The fourth-order valence-electron chi connectivity index (χ4n) is 1.78. The van der Waals surface area contributed by atoms with Crippen LogP contribution < -0.4 is 11.1 Å². The van der Waals surface area contributed by atoms with Crippen molar-refractivity contribution in [2.45, 2.75) is 18.9 Å². The highest BCUT2D eigenvalue weighted by Gasteiger charge is 2.17. The molecule has 1 saturated heterocycles. The number of hydrogen-bond acceptors (Lipinski definition) is 3. The highest BCUT2D eigenvalue weighted by molar-refractivity contribution is 7.99. The number of nitrogen functional groups attached to an aromatic ring is 1. The molecule has 1 aromatic carbocycles. The zero-order valence-corrected chi connectivity index (χ0v) is 9.62. The Morgan fingerprint density at radius 3 is 2.31 bits per heavy atom. The standard InChI is InChI=1S/C11H14F2N2S/c12-9-5-7(14)6-10(13)11(9)15-8-1-3-16-4-2-8/h5-6,8,15H,1-4,14H2. The summed E-state index contributed by atoms with van der Waals surface area (Å²) in [5.41, 5.74) is 5.41. The van der Waals surface area contributed by atoms with Gasteiger partial charge in [-0.1, -0.05) is 0 Å². The monoisotopic (exact) mass is 244 g/mol. The molecule has 0 spiro atoms. The molecule has 0 radical (unpaired) electrons. The van der Waals surface area contributed by atoms with Crippen LogP contribution in [0.3, 0.4) is 0 Å². The molecule has 16 heavy (non-hydrogen) atoms. The highest BCUT2D eigenvalue weighted by Crippen LogP contribution is 2.26. The van der Waals surface area contributed by atoms with Crippen molar-refractivity contribution in [3.63, 3.8) is 0 Å². The predicted molar refractivity (Wildman–Crippen MR) is 64.7 cm³/mol. The van der Waals surface area contributed by atoms with E-state index in [4.69, 9.17) is 5.73 Å². The van der Waals surface area contributed by atoms with E-state index in [0.717, 1.165) is 36.5 Å². The Balaban J connectivity index is 2.14. The second kappa shape index (κ2) is 4.91. The Hall–Kier alpha value is -0.970. The van der Waals surface area contributed by atoms with E-state index in [1.807, 2.05) is 11.8 Å². The number of halogens is 2. The van der Waals surface area contributed by atoms with E-state index >= 15 is 0 Å². The molecule has 0 unspecified atom stereocenters. The van der Waals surface area contributed by atoms with E-state index in [9.17, 15) is 8.78 Å². The molecular formula is C11H14F2N2S. The zero-order chi connectivity index (χ0) is 11.5. The number of anilines is 2. The molecule has 1 fully saturated rings. The Bertz CT molecular complexity index is 355. The van der Waals surface area contributed by atoms with E-state index in [1.54, 1.807) is 0 Å². The van der Waals surface area contributed by atoms with Gasteiger partial charge in [-0.25, -0.2) is 8.78 Å². The fourth-order valence-corrected chi connectivity index (χ4v) is 2.88. The molecule has 1 aliphatic rings. The van der Waals surface area contributed by atoms with E-state index in [-0.39, 0.29) is 17.4 Å². The Morgan fingerprint density at radius 1 is 1.19 bits per heavy atom. The smallest absolute Gasteiger partial charge is 0.151 e. The maximum Gasteiger partial charge on any atom is 0.151 e. The van der Waals surface area contributed by atoms with Gasteiger partial charge < -0.3 is 11.1 Å². The first kappa shape index (κ1) is 11.5. The third-order valence-electron chi connectivity index (χ3n) is 2.63. The first-order valence-corrected chi connectivity index (χ1v) is 6.41. The van der Waals surface area contributed by atoms with Crippen molar-refractivity contribution in [3.8, 4) is 0 Å². The van der Waals surface area contributed by atoms with Crippen molar-refractivity contribution >= 4 is 23.1 Å². The molecule has 88 valence electrons. The largest absolute Gasteiger partial charge is 0.399 e. The average molecular weight is 244 g/mol. The molecule has 5 heteroatoms. The summed E-state index contributed by atoms with van der Waals surface area (Å²) in [4.78, 5) is 0. The van der Waals surface area contributed by atoms with Gasteiger partial charge in [0.15, 0.2) is 11.6 Å². The first-order chi connectivity index (χ1) is 7.66. The van der Waals surface area contributed by atoms with Crippen molar-refractivity contribution in [3.05, 3.63) is 23.8 Å². The molecule has 1 aromatic rings. The summed E-state index contributed by atoms with van der Waals surface area (Å²) < 4.78 is 27.0. The van der Waals surface area contributed by atoms with E-state index < -0.39 is 11.6 Å². The second-order valence-corrected chi connectivity index (χ2v) is 5.12. The zero-order valence-electron chi connectivity index (χ0n) is 8.80. The lowest BCUT2D eigenvalue weighted by atomic mass is 10.1. The van der Waals surface area contributed by atoms with E-state index in [2.05, 4.69) is 5.32 Å². The summed E-state index contributed by atoms with van der Waals surface area (Å²) in [6.07, 6.45) is 1.88. The summed E-state index contributed by atoms with van der Waals surface area (Å²) in [6, 6.07) is 2.44. The minimum absolute atomic E-state index is 0.0499. The third kappa shape index (κ3) is 2.58. The summed E-state index contributed by atoms with van der Waals surface area (Å²) in [6.45, 7) is 0. The van der Waals surface area contributed by atoms with Gasteiger partial charge in [-0.05, 0) is 36.5 Å². The highest BCUT2D eigenvalue weighted by atomic mass is 32.2. The number of rotatable bonds is 2. The van der Waals surface area contributed by atoms with Crippen LogP contribution in [0.15, 0.2) is 12.1 Å². The lowest BCUT2D eigenvalue weighted by Gasteiger charge is -2.24. The van der Waals surface area contributed by atoms with Crippen LogP contribution in [-0.2, 0) is 0 Å². The second-order valence-electron chi connectivity index (χ2n) is 3.89. The predicted octanol–water partition coefficient (Wildman–Crippen LogP) is 2.85. The molecule has 0 saturated carbocycles. The maximum atomic E-state index is 13.5. The van der Waals surface area contributed by atoms with E-state index in [0.29, 0.717) is 0 Å². The Morgan fingerprint density at radius 2 is 1.75 bits per heavy atom. The fraction of sp³-hybridized carbons (Fsp3) is 0.455. The topological polar surface area (TPSA) is 38.0 Å². The normalized spacial score (nSPS) is 17.4. The molecule has 0 aromatic heterocycles. The van der Waals surface area contributed by atoms with Crippen LogP contribution in [0.4, 0.5) is 20.2 Å². The van der Waals surface area contributed by atoms with Crippen molar-refractivity contribution in [1.29, 1.82) is 0 Å². The molecule has 1 aliphatic heterocycles. The molecule has 0 amide bonds. The molecule has 1 heterocycles. The molecular weight excluding hydrogens is 230 g/mol. The SMILES string of the molecule is Nc1cc(F)c(NC2CCSCC2)c(F)c1. The van der Waals surface area contributed by atoms with Crippen LogP contribution in [0.5, 0.6) is 0 Å². The van der Waals surface area contributed by atoms with Crippen molar-refractivity contribution in [2.24, 2.45) is 0 Å². The summed E-state index contributed by atoms with van der Waals surface area (Å²) in [5, 5.41) is 2.93. The third-order valence-corrected chi connectivity index (χ3v) is 3.68. The van der Waals surface area contributed by atoms with Crippen molar-refractivity contribution < 1.29 is 8.78 Å². The van der Waals surface area contributed by atoms with Crippen molar-refractivity contribution in [2.75, 3.05) is 22.6 Å². The van der Waals surface area contributed by atoms with Gasteiger partial charge in [-0.15, -0.1) is 0 Å². The van der Waals surface area contributed by atoms with Crippen LogP contribution in [-0.4, -0.2) is 17.5 Å². The number of thioether (sulfide) groups is 1. The quantitative estimate of drug-likeness (QED) is 0.786. The van der Waals surface area contributed by atoms with Gasteiger partial charge in [0.25, 0.3) is 0 Å². The number of nitrogens with one attached hydrogen (secondary N) is 1. The Labute approximate surface area is 97.6 Å². The van der Waals surface area contributed by atoms with Gasteiger partial charge >= 0.3 is 0 Å². The van der Waals surface area contributed by atoms with Gasteiger partial charge in [0, 0.05) is 11.7 Å². The molecule has 0 aliphatic carbocycles. The van der Waals surface area contributed by atoms with Gasteiger partial charge in [0.2, 0.25) is 0 Å². The minimum Gasteiger partial charge on any atom is -0.399 e. The van der Waals surface area contributed by atoms with Gasteiger partial charge in [-0.3, -0.25) is 0 Å². The first-order valence-electron chi connectivity index (χ1n) is 5.25. The number of hydrogen-bond donors (Lipinski definition) is 2. The lowest BCUT2D eigenvalue weighted by Crippen LogP contribution is -2.25. The lowest BCUT2D eigenvalue weighted by molar-refractivity contribution is 0.575. The molecule has 3 N–H and O–H groups in total. The van der Waals surface area contributed by atoms with Gasteiger partial charge in [-0.2, -0.15) is 11.8 Å². The van der Waals surface area contributed by atoms with Crippen LogP contribution in [0, 0.1) is 11.6 Å². The van der Waals surface area contributed by atoms with Crippen LogP contribution in [0.1, 0.15) is 12.8 Å². The van der Waals surface area contributed by atoms with Crippen LogP contribution in [0.2, 0.25) is 0 Å². The van der Waals surface area contributed by atoms with Crippen LogP contribution in [0.25, 0.3) is 0 Å². The van der Waals surface area contributed by atoms with E-state index in [1.165, 1.54) is 0 Å². The summed E-state index contributed by atoms with van der Waals surface area (Å²) in [7, 11) is 0. The molecule has 2 rings (SSSR count). The molecule has 0 bridgehead atoms. The number of benzene rings is 1. The average Bonchev–Trinajstić information content (AvgIpc) is 2.25. The van der Waals surface area contributed by atoms with Gasteiger partial charge in [0.05, 0.1) is 0 Å². The maximum absolute atomic E-state index is 13.5. The Kier molecular flexibility index (Phi) is 3.53. The van der Waals surface area contributed by atoms with Crippen LogP contribution >= 0.6 is 11.8 Å². The number of nitrogens with two attached hydrogens (primary N) is 1. The summed E-state index contributed by atoms with van der Waals surface area (Å²) >= 11 is 1.87. The molecule has 2 nitrogen and oxygen atoms in total.